The van der Waals surface area contributed by atoms with E-state index in [1.807, 2.05) is 0 Å². The molecule has 0 amide bonds. The quantitative estimate of drug-likeness (QED) is 0.401. The van der Waals surface area contributed by atoms with Gasteiger partial charge in [-0.05, 0) is 19.8 Å². The second-order valence-corrected chi connectivity index (χ2v) is 2.42. The minimum Gasteiger partial charge on any atom is -0.0914 e. The van der Waals surface area contributed by atoms with Gasteiger partial charge >= 0.3 is 0 Å². The summed E-state index contributed by atoms with van der Waals surface area (Å²) in [4.78, 5) is 0. The molecule has 0 aromatic heterocycles. The maximum atomic E-state index is 2.27. The van der Waals surface area contributed by atoms with Gasteiger partial charge in [-0.1, -0.05) is 44.1 Å². The summed E-state index contributed by atoms with van der Waals surface area (Å²) < 4.78 is 0. The van der Waals surface area contributed by atoms with Gasteiger partial charge in [0.05, 0.1) is 0 Å². The van der Waals surface area contributed by atoms with E-state index >= 15 is 0 Å². The van der Waals surface area contributed by atoms with Crippen molar-refractivity contribution in [3.8, 4) is 0 Å². The largest absolute Gasteiger partial charge is 0.0914 e. The van der Waals surface area contributed by atoms with Gasteiger partial charge in [0, 0.05) is 0 Å². The summed E-state index contributed by atoms with van der Waals surface area (Å²) in [5, 5.41) is 0. The van der Waals surface area contributed by atoms with Crippen LogP contribution in [0.2, 0.25) is 0 Å². The van der Waals surface area contributed by atoms with E-state index in [2.05, 4.69) is 38.2 Å². The standard InChI is InChI=1S/C10H18/c1-3-5-7-9-10-8-6-4-2/h3,5,9-10H,4,6-8H2,1-2H3/b5-3+,10-9+. The fourth-order valence-electron chi connectivity index (χ4n) is 0.751. The summed E-state index contributed by atoms with van der Waals surface area (Å²) in [5.74, 6) is 0. The minimum absolute atomic E-state index is 1.10. The Balaban J connectivity index is 3.04. The molecule has 0 saturated carbocycles. The van der Waals surface area contributed by atoms with E-state index in [0.717, 1.165) is 6.42 Å². The van der Waals surface area contributed by atoms with Crippen LogP contribution in [0.25, 0.3) is 0 Å². The van der Waals surface area contributed by atoms with Gasteiger partial charge < -0.3 is 0 Å². The normalized spacial score (nSPS) is 11.8. The second-order valence-electron chi connectivity index (χ2n) is 2.42. The molecule has 0 aliphatic rings. The first-order chi connectivity index (χ1) is 4.91. The molecule has 0 radical (unpaired) electrons. The summed E-state index contributed by atoms with van der Waals surface area (Å²) >= 11 is 0. The molecule has 0 N–H and O–H groups in total. The lowest BCUT2D eigenvalue weighted by atomic mass is 10.2. The molecule has 0 aliphatic heterocycles. The van der Waals surface area contributed by atoms with Gasteiger partial charge in [0.15, 0.2) is 0 Å². The van der Waals surface area contributed by atoms with Crippen LogP contribution in [0.5, 0.6) is 0 Å². The lowest BCUT2D eigenvalue weighted by Gasteiger charge is -1.86. The lowest BCUT2D eigenvalue weighted by molar-refractivity contribution is 0.813. The van der Waals surface area contributed by atoms with E-state index in [0.29, 0.717) is 0 Å². The average Bonchev–Trinajstić information content (AvgIpc) is 1.97. The van der Waals surface area contributed by atoms with Crippen LogP contribution in [0.4, 0.5) is 0 Å². The Morgan fingerprint density at radius 3 is 2.50 bits per heavy atom. The molecule has 0 unspecified atom stereocenters. The van der Waals surface area contributed by atoms with Crippen molar-refractivity contribution in [3.63, 3.8) is 0 Å². The van der Waals surface area contributed by atoms with Gasteiger partial charge in [0.25, 0.3) is 0 Å². The van der Waals surface area contributed by atoms with Crippen LogP contribution in [0.3, 0.4) is 0 Å². The molecule has 0 fully saturated rings. The molecule has 0 heteroatoms. The maximum absolute atomic E-state index is 2.27. The van der Waals surface area contributed by atoms with Crippen LogP contribution in [-0.2, 0) is 0 Å². The highest BCUT2D eigenvalue weighted by atomic mass is 13.8. The van der Waals surface area contributed by atoms with Gasteiger partial charge in [-0.3, -0.25) is 0 Å². The molecule has 0 aromatic carbocycles. The fourth-order valence-corrected chi connectivity index (χ4v) is 0.751. The number of rotatable bonds is 5. The van der Waals surface area contributed by atoms with E-state index in [9.17, 15) is 0 Å². The Morgan fingerprint density at radius 1 is 1.10 bits per heavy atom. The summed E-state index contributed by atoms with van der Waals surface area (Å²) in [6.07, 6.45) is 13.7. The van der Waals surface area contributed by atoms with Crippen LogP contribution >= 0.6 is 0 Å². The van der Waals surface area contributed by atoms with Crippen LogP contribution in [0.1, 0.15) is 39.5 Å². The SMILES string of the molecule is C/C=C/C/C=C/CCCC. The zero-order valence-electron chi connectivity index (χ0n) is 7.14. The van der Waals surface area contributed by atoms with Gasteiger partial charge in [-0.25, -0.2) is 0 Å². The Bertz CT molecular complexity index is 98.6. The number of hydrogen-bond acceptors (Lipinski definition) is 0. The van der Waals surface area contributed by atoms with Crippen molar-refractivity contribution in [1.29, 1.82) is 0 Å². The molecule has 0 atom stereocenters. The van der Waals surface area contributed by atoms with E-state index in [1.54, 1.807) is 0 Å². The van der Waals surface area contributed by atoms with Gasteiger partial charge in [0.2, 0.25) is 0 Å². The molecule has 0 aliphatic carbocycles. The van der Waals surface area contributed by atoms with Crippen molar-refractivity contribution in [2.45, 2.75) is 39.5 Å². The zero-order chi connectivity index (χ0) is 7.66. The van der Waals surface area contributed by atoms with Crippen molar-refractivity contribution in [2.24, 2.45) is 0 Å². The van der Waals surface area contributed by atoms with Crippen molar-refractivity contribution < 1.29 is 0 Å². The highest BCUT2D eigenvalue weighted by Gasteiger charge is 1.75. The molecule has 0 saturated heterocycles. The second kappa shape index (κ2) is 8.48. The molecular formula is C10H18. The predicted octanol–water partition coefficient (Wildman–Crippen LogP) is 3.70. The molecule has 0 heterocycles. The van der Waals surface area contributed by atoms with Crippen molar-refractivity contribution in [1.82, 2.24) is 0 Å². The topological polar surface area (TPSA) is 0 Å². The van der Waals surface area contributed by atoms with Crippen molar-refractivity contribution >= 4 is 0 Å². The van der Waals surface area contributed by atoms with Gasteiger partial charge in [-0.2, -0.15) is 0 Å². The number of hydrogen-bond donors (Lipinski definition) is 0. The first-order valence-electron chi connectivity index (χ1n) is 4.18. The third kappa shape index (κ3) is 7.48. The maximum Gasteiger partial charge on any atom is -0.0169 e. The third-order valence-electron chi connectivity index (χ3n) is 1.40. The monoisotopic (exact) mass is 138 g/mol. The van der Waals surface area contributed by atoms with Crippen LogP contribution in [0.15, 0.2) is 24.3 Å². The van der Waals surface area contributed by atoms with Gasteiger partial charge in [-0.15, -0.1) is 0 Å². The molecule has 0 bridgehead atoms. The third-order valence-corrected chi connectivity index (χ3v) is 1.40. The number of allylic oxidation sites excluding steroid dienone is 4. The highest BCUT2D eigenvalue weighted by molar-refractivity contribution is 4.90. The molecule has 58 valence electrons. The minimum atomic E-state index is 1.10. The molecular weight excluding hydrogens is 120 g/mol. The first kappa shape index (κ1) is 9.48. The summed E-state index contributed by atoms with van der Waals surface area (Å²) in [7, 11) is 0. The Morgan fingerprint density at radius 2 is 1.90 bits per heavy atom. The lowest BCUT2D eigenvalue weighted by Crippen LogP contribution is -1.66. The highest BCUT2D eigenvalue weighted by Crippen LogP contribution is 1.96. The van der Waals surface area contributed by atoms with Crippen LogP contribution < -0.4 is 0 Å². The van der Waals surface area contributed by atoms with Crippen molar-refractivity contribution in [3.05, 3.63) is 24.3 Å². The fraction of sp³-hybridized carbons (Fsp3) is 0.600. The molecule has 0 aromatic rings. The Labute approximate surface area is 64.6 Å². The molecule has 0 rings (SSSR count). The van der Waals surface area contributed by atoms with Gasteiger partial charge in [0.1, 0.15) is 0 Å². The molecule has 0 spiro atoms. The first-order valence-corrected chi connectivity index (χ1v) is 4.18. The van der Waals surface area contributed by atoms with Crippen LogP contribution in [0, 0.1) is 0 Å². The van der Waals surface area contributed by atoms with E-state index < -0.39 is 0 Å². The average molecular weight is 138 g/mol. The molecule has 10 heavy (non-hydrogen) atoms. The van der Waals surface area contributed by atoms with E-state index in [-0.39, 0.29) is 0 Å². The van der Waals surface area contributed by atoms with E-state index in [1.165, 1.54) is 19.3 Å². The zero-order valence-corrected chi connectivity index (χ0v) is 7.14. The van der Waals surface area contributed by atoms with Crippen LogP contribution in [-0.4, -0.2) is 0 Å². The van der Waals surface area contributed by atoms with E-state index in [4.69, 9.17) is 0 Å². The Hall–Kier alpha value is -0.520. The summed E-state index contributed by atoms with van der Waals surface area (Å²) in [6, 6.07) is 0. The Kier molecular flexibility index (Phi) is 8.04. The summed E-state index contributed by atoms with van der Waals surface area (Å²) in [6.45, 7) is 4.28. The number of unbranched alkanes of at least 4 members (excludes halogenated alkanes) is 2. The predicted molar refractivity (Wildman–Crippen MR) is 48.1 cm³/mol. The smallest absolute Gasteiger partial charge is 0.0169 e. The summed E-state index contributed by atoms with van der Waals surface area (Å²) in [5.41, 5.74) is 0. The van der Waals surface area contributed by atoms with Crippen molar-refractivity contribution in [2.75, 3.05) is 0 Å². The molecule has 0 nitrogen and oxygen atoms in total.